The Morgan fingerprint density at radius 1 is 1.12 bits per heavy atom. The molecule has 1 aliphatic rings. The van der Waals surface area contributed by atoms with Crippen molar-refractivity contribution in [1.82, 2.24) is 29.5 Å². The van der Waals surface area contributed by atoms with Gasteiger partial charge in [0.25, 0.3) is 0 Å². The SMILES string of the molecule is Cc1nn(-c2cc(Nc3c(C)c(-c4ccc(F)cc4)nn3CC3CC3)ncn2)c(C)c1C(C)O. The van der Waals surface area contributed by atoms with Crippen molar-refractivity contribution in [2.24, 2.45) is 5.92 Å². The lowest BCUT2D eigenvalue weighted by Crippen LogP contribution is -2.09. The first-order chi connectivity index (χ1) is 16.3. The largest absolute Gasteiger partial charge is 0.389 e. The molecule has 1 atom stereocenters. The molecule has 3 aromatic heterocycles. The Kier molecular flexibility index (Phi) is 5.65. The molecule has 0 aliphatic heterocycles. The first-order valence-electron chi connectivity index (χ1n) is 11.5. The van der Waals surface area contributed by atoms with E-state index < -0.39 is 6.10 Å². The first-order valence-corrected chi connectivity index (χ1v) is 11.5. The van der Waals surface area contributed by atoms with Crippen LogP contribution in [-0.4, -0.2) is 34.6 Å². The van der Waals surface area contributed by atoms with Crippen LogP contribution in [0.15, 0.2) is 36.7 Å². The minimum Gasteiger partial charge on any atom is -0.389 e. The van der Waals surface area contributed by atoms with Gasteiger partial charge in [0.15, 0.2) is 5.82 Å². The molecule has 176 valence electrons. The van der Waals surface area contributed by atoms with E-state index in [0.29, 0.717) is 17.6 Å². The van der Waals surface area contributed by atoms with Crippen LogP contribution < -0.4 is 5.32 Å². The highest BCUT2D eigenvalue weighted by molar-refractivity contribution is 5.71. The molecule has 0 radical (unpaired) electrons. The summed E-state index contributed by atoms with van der Waals surface area (Å²) in [6, 6.07) is 8.24. The Labute approximate surface area is 197 Å². The van der Waals surface area contributed by atoms with Crippen molar-refractivity contribution in [3.63, 3.8) is 0 Å². The zero-order chi connectivity index (χ0) is 24.0. The van der Waals surface area contributed by atoms with E-state index in [9.17, 15) is 9.50 Å². The van der Waals surface area contributed by atoms with Crippen molar-refractivity contribution >= 4 is 11.6 Å². The number of nitrogens with zero attached hydrogens (tertiary/aromatic N) is 6. The van der Waals surface area contributed by atoms with Crippen LogP contribution in [-0.2, 0) is 6.54 Å². The Morgan fingerprint density at radius 3 is 2.50 bits per heavy atom. The monoisotopic (exact) mass is 461 g/mol. The summed E-state index contributed by atoms with van der Waals surface area (Å²) in [5.74, 6) is 2.43. The highest BCUT2D eigenvalue weighted by Crippen LogP contribution is 2.35. The maximum atomic E-state index is 13.5. The molecule has 2 N–H and O–H groups in total. The Hall–Kier alpha value is -3.59. The number of aryl methyl sites for hydroxylation is 1. The summed E-state index contributed by atoms with van der Waals surface area (Å²) in [5, 5.41) is 23.0. The molecule has 0 amide bonds. The molecule has 9 heteroatoms. The van der Waals surface area contributed by atoms with E-state index in [2.05, 4.69) is 20.4 Å². The maximum absolute atomic E-state index is 13.5. The second-order valence-electron chi connectivity index (χ2n) is 9.01. The van der Waals surface area contributed by atoms with E-state index >= 15 is 0 Å². The van der Waals surface area contributed by atoms with Gasteiger partial charge in [-0.2, -0.15) is 10.2 Å². The van der Waals surface area contributed by atoms with Gasteiger partial charge in [-0.3, -0.25) is 0 Å². The molecule has 1 aromatic carbocycles. The topological polar surface area (TPSA) is 93.7 Å². The first kappa shape index (κ1) is 22.2. The lowest BCUT2D eigenvalue weighted by molar-refractivity contribution is 0.197. The van der Waals surface area contributed by atoms with Crippen LogP contribution in [0.4, 0.5) is 16.0 Å². The number of anilines is 2. The van der Waals surface area contributed by atoms with Crippen LogP contribution in [0.25, 0.3) is 17.1 Å². The van der Waals surface area contributed by atoms with Gasteiger partial charge < -0.3 is 10.4 Å². The Bertz CT molecular complexity index is 1340. The van der Waals surface area contributed by atoms with E-state index in [-0.39, 0.29) is 5.82 Å². The molecule has 0 bridgehead atoms. The minimum atomic E-state index is -0.613. The van der Waals surface area contributed by atoms with Crippen molar-refractivity contribution in [1.29, 1.82) is 0 Å². The van der Waals surface area contributed by atoms with Crippen LogP contribution in [0.1, 0.15) is 48.4 Å². The van der Waals surface area contributed by atoms with E-state index in [1.807, 2.05) is 31.5 Å². The molecule has 1 fully saturated rings. The normalized spacial score (nSPS) is 14.4. The highest BCUT2D eigenvalue weighted by Gasteiger charge is 2.26. The molecule has 3 heterocycles. The molecule has 1 saturated carbocycles. The number of nitrogens with one attached hydrogen (secondary N) is 1. The molecular weight excluding hydrogens is 433 g/mol. The molecule has 5 rings (SSSR count). The summed E-state index contributed by atoms with van der Waals surface area (Å²) >= 11 is 0. The third-order valence-corrected chi connectivity index (χ3v) is 6.32. The van der Waals surface area contributed by atoms with Crippen LogP contribution in [0.3, 0.4) is 0 Å². The van der Waals surface area contributed by atoms with Crippen molar-refractivity contribution < 1.29 is 9.50 Å². The second-order valence-corrected chi connectivity index (χ2v) is 9.01. The number of aromatic nitrogens is 6. The number of aliphatic hydroxyl groups excluding tert-OH is 1. The number of aliphatic hydroxyl groups is 1. The van der Waals surface area contributed by atoms with Crippen LogP contribution in [0.5, 0.6) is 0 Å². The summed E-state index contributed by atoms with van der Waals surface area (Å²) in [7, 11) is 0. The van der Waals surface area contributed by atoms with Crippen molar-refractivity contribution in [3.8, 4) is 17.1 Å². The van der Waals surface area contributed by atoms with Gasteiger partial charge >= 0.3 is 0 Å². The number of benzene rings is 1. The predicted octanol–water partition coefficient (Wildman–Crippen LogP) is 4.80. The van der Waals surface area contributed by atoms with E-state index in [1.165, 1.54) is 31.3 Å². The van der Waals surface area contributed by atoms with Gasteiger partial charge in [-0.05, 0) is 70.7 Å². The smallest absolute Gasteiger partial charge is 0.159 e. The standard InChI is InChI=1S/C25H28FN7O/c1-14-24(19-7-9-20(26)10-8-19)31-32(12-18-5-6-18)25(14)29-21-11-22(28-13-27-21)33-16(3)23(17(4)34)15(2)30-33/h7-11,13,17-18,34H,5-6,12H2,1-4H3,(H,27,28,29). The van der Waals surface area contributed by atoms with Crippen LogP contribution in [0.2, 0.25) is 0 Å². The molecule has 4 aromatic rings. The molecule has 0 spiro atoms. The van der Waals surface area contributed by atoms with Gasteiger partial charge in [0.2, 0.25) is 0 Å². The van der Waals surface area contributed by atoms with Crippen LogP contribution in [0, 0.1) is 32.5 Å². The molecule has 8 nitrogen and oxygen atoms in total. The lowest BCUT2D eigenvalue weighted by Gasteiger charge is -2.11. The number of halogens is 1. The fourth-order valence-electron chi connectivity index (χ4n) is 4.40. The van der Waals surface area contributed by atoms with Crippen molar-refractivity contribution in [2.75, 3.05) is 5.32 Å². The molecule has 34 heavy (non-hydrogen) atoms. The van der Waals surface area contributed by atoms with E-state index in [0.717, 1.165) is 46.1 Å². The van der Waals surface area contributed by atoms with E-state index in [4.69, 9.17) is 5.10 Å². The van der Waals surface area contributed by atoms with Gasteiger partial charge in [-0.15, -0.1) is 0 Å². The van der Waals surface area contributed by atoms with Gasteiger partial charge in [0.1, 0.15) is 23.8 Å². The van der Waals surface area contributed by atoms with E-state index in [1.54, 1.807) is 23.7 Å². The van der Waals surface area contributed by atoms with Gasteiger partial charge in [0.05, 0.1) is 17.5 Å². The zero-order valence-electron chi connectivity index (χ0n) is 19.7. The summed E-state index contributed by atoms with van der Waals surface area (Å²) in [6.45, 7) is 8.35. The maximum Gasteiger partial charge on any atom is 0.159 e. The highest BCUT2D eigenvalue weighted by atomic mass is 19.1. The quantitative estimate of drug-likeness (QED) is 0.411. The summed E-state index contributed by atoms with van der Waals surface area (Å²) in [5.41, 5.74) is 5.06. The number of hydrogen-bond donors (Lipinski definition) is 2. The fourth-order valence-corrected chi connectivity index (χ4v) is 4.40. The summed E-state index contributed by atoms with van der Waals surface area (Å²) in [6.07, 6.45) is 3.28. The summed E-state index contributed by atoms with van der Waals surface area (Å²) < 4.78 is 17.2. The van der Waals surface area contributed by atoms with Crippen molar-refractivity contribution in [3.05, 3.63) is 65.0 Å². The van der Waals surface area contributed by atoms with Crippen LogP contribution >= 0.6 is 0 Å². The fraction of sp³-hybridized carbons (Fsp3) is 0.360. The van der Waals surface area contributed by atoms with Gasteiger partial charge in [0, 0.05) is 35.0 Å². The number of rotatable bonds is 7. The minimum absolute atomic E-state index is 0.270. The second kappa shape index (κ2) is 8.64. The number of hydrogen-bond acceptors (Lipinski definition) is 6. The zero-order valence-corrected chi connectivity index (χ0v) is 19.7. The molecule has 1 unspecified atom stereocenters. The average Bonchev–Trinajstić information content (AvgIpc) is 3.50. The summed E-state index contributed by atoms with van der Waals surface area (Å²) in [4.78, 5) is 8.82. The predicted molar refractivity (Wildman–Crippen MR) is 128 cm³/mol. The molecule has 1 aliphatic carbocycles. The average molecular weight is 462 g/mol. The Morgan fingerprint density at radius 2 is 1.85 bits per heavy atom. The van der Waals surface area contributed by atoms with Gasteiger partial charge in [-0.25, -0.2) is 23.7 Å². The van der Waals surface area contributed by atoms with Gasteiger partial charge in [-0.1, -0.05) is 0 Å². The molecular formula is C25H28FN7O. The third kappa shape index (κ3) is 4.19. The third-order valence-electron chi connectivity index (χ3n) is 6.32. The lowest BCUT2D eigenvalue weighted by atomic mass is 10.1. The van der Waals surface area contributed by atoms with Crippen molar-refractivity contribution in [2.45, 2.75) is 53.2 Å². The molecule has 0 saturated heterocycles. The Balaban J connectivity index is 1.51.